The fraction of sp³-hybridized carbons (Fsp3) is 0.627. The van der Waals surface area contributed by atoms with Crippen molar-refractivity contribution >= 4 is 12.3 Å². The molecular weight excluding hydrogens is 887 g/mol. The number of aromatic nitrogens is 1. The number of pyridine rings is 1. The summed E-state index contributed by atoms with van der Waals surface area (Å²) < 4.78 is 44.9. The van der Waals surface area contributed by atoms with Crippen molar-refractivity contribution in [1.29, 1.82) is 0 Å². The van der Waals surface area contributed by atoms with E-state index in [2.05, 4.69) is 70.2 Å². The van der Waals surface area contributed by atoms with Gasteiger partial charge in [0.2, 0.25) is 18.2 Å². The molecule has 0 aliphatic carbocycles. The Morgan fingerprint density at radius 1 is 0.609 bits per heavy atom. The third kappa shape index (κ3) is 23.6. The molecule has 1 aliphatic heterocycles. The molecule has 4 rings (SSSR count). The number of hydroxylamine groups is 2. The van der Waals surface area contributed by atoms with Crippen LogP contribution in [0.5, 0.6) is 5.88 Å². The van der Waals surface area contributed by atoms with Crippen LogP contribution in [0.2, 0.25) is 0 Å². The molecule has 2 amide bonds. The Hall–Kier alpha value is -4.79. The molecule has 1 aromatic heterocycles. The lowest BCUT2D eigenvalue weighted by atomic mass is 9.73. The topological polar surface area (TPSA) is 195 Å². The summed E-state index contributed by atoms with van der Waals surface area (Å²) in [6.07, 6.45) is 5.78. The number of carbonyl (C=O) groups is 2. The summed E-state index contributed by atoms with van der Waals surface area (Å²) >= 11 is 0. The maximum absolute atomic E-state index is 12.5. The van der Waals surface area contributed by atoms with Crippen molar-refractivity contribution < 1.29 is 52.3 Å². The van der Waals surface area contributed by atoms with Crippen molar-refractivity contribution in [2.75, 3.05) is 112 Å². The predicted molar refractivity (Wildman–Crippen MR) is 261 cm³/mol. The highest BCUT2D eigenvalue weighted by atomic mass is 16.7. The van der Waals surface area contributed by atoms with Gasteiger partial charge in [0, 0.05) is 30.0 Å². The molecule has 0 unspecified atom stereocenters. The first-order valence-corrected chi connectivity index (χ1v) is 24.3. The average molecular weight is 964 g/mol. The zero-order valence-electron chi connectivity index (χ0n) is 41.7. The number of hydrogen-bond donors (Lipinski definition) is 1. The summed E-state index contributed by atoms with van der Waals surface area (Å²) in [7, 11) is 0. The zero-order valence-corrected chi connectivity index (χ0v) is 41.7. The van der Waals surface area contributed by atoms with Crippen molar-refractivity contribution in [2.24, 2.45) is 26.1 Å². The van der Waals surface area contributed by atoms with Gasteiger partial charge in [0.05, 0.1) is 117 Å². The lowest BCUT2D eigenvalue weighted by Crippen LogP contribution is -2.40. The normalized spacial score (nSPS) is 13.2. The average Bonchev–Trinajstić information content (AvgIpc) is 3.85. The first-order chi connectivity index (χ1) is 33.5. The van der Waals surface area contributed by atoms with Gasteiger partial charge >= 0.3 is 0 Å². The molecule has 1 N–H and O–H groups in total. The molecule has 0 saturated carbocycles. The Morgan fingerprint density at radius 2 is 1.13 bits per heavy atom. The second-order valence-corrected chi connectivity index (χ2v) is 18.0. The monoisotopic (exact) mass is 964 g/mol. The first kappa shape index (κ1) is 56.8. The van der Waals surface area contributed by atoms with Crippen LogP contribution >= 0.6 is 0 Å². The Balaban J connectivity index is 0.930. The van der Waals surface area contributed by atoms with Crippen molar-refractivity contribution in [2.45, 2.75) is 90.8 Å². The lowest BCUT2D eigenvalue weighted by molar-refractivity contribution is -0.219. The number of benzene rings is 2. The summed E-state index contributed by atoms with van der Waals surface area (Å²) in [4.78, 5) is 33.9. The maximum atomic E-state index is 12.5. The van der Waals surface area contributed by atoms with Gasteiger partial charge in [-0.25, -0.2) is 10.0 Å². The molecule has 0 fully saturated rings. The largest absolute Gasteiger partial charge is 0.478 e. The minimum Gasteiger partial charge on any atom is -0.478 e. The van der Waals surface area contributed by atoms with E-state index in [1.54, 1.807) is 0 Å². The fourth-order valence-electron chi connectivity index (χ4n) is 7.15. The second kappa shape index (κ2) is 32.9. The van der Waals surface area contributed by atoms with E-state index in [0.29, 0.717) is 144 Å². The number of carbonyl (C=O) groups excluding carboxylic acids is 2. The van der Waals surface area contributed by atoms with Crippen molar-refractivity contribution in [1.82, 2.24) is 15.4 Å². The van der Waals surface area contributed by atoms with Gasteiger partial charge in [-0.05, 0) is 86.9 Å². The smallest absolute Gasteiger partial charge is 0.233 e. The molecule has 3 aromatic rings. The van der Waals surface area contributed by atoms with Crippen LogP contribution in [0.4, 0.5) is 0 Å². The van der Waals surface area contributed by atoms with E-state index >= 15 is 0 Å². The Morgan fingerprint density at radius 3 is 1.67 bits per heavy atom. The van der Waals surface area contributed by atoms with E-state index in [1.807, 2.05) is 63.2 Å². The second-order valence-electron chi connectivity index (χ2n) is 18.0. The van der Waals surface area contributed by atoms with Gasteiger partial charge in [0.1, 0.15) is 0 Å². The van der Waals surface area contributed by atoms with Gasteiger partial charge < -0.3 is 43.2 Å². The molecule has 18 nitrogen and oxygen atoms in total. The third-order valence-corrected chi connectivity index (χ3v) is 10.9. The maximum Gasteiger partial charge on any atom is 0.233 e. The Kier molecular flexibility index (Phi) is 27.1. The quantitative estimate of drug-likeness (QED) is 0.0325. The molecule has 2 heterocycles. The highest BCUT2D eigenvalue weighted by Crippen LogP contribution is 2.46. The number of nitrogens with one attached hydrogen (secondary N) is 1. The van der Waals surface area contributed by atoms with Gasteiger partial charge in [-0.3, -0.25) is 14.4 Å². The van der Waals surface area contributed by atoms with Crippen LogP contribution in [0.15, 0.2) is 93.5 Å². The molecular formula is C51H77N7O11. The Labute approximate surface area is 409 Å². The summed E-state index contributed by atoms with van der Waals surface area (Å²) in [6.45, 7) is 17.4. The number of rotatable bonds is 40. The third-order valence-electron chi connectivity index (χ3n) is 10.9. The SMILES string of the molecule is CC(C)(C)ON(C=O)CCOCCOCCOCCOCCOCCOCCOCCNC(=O)CCCCC1(C(C)(C)CCCCOc2cc(-c3ccccc3)cc(-c3ccccc3)n2)N=NN=N1. The molecule has 0 saturated heterocycles. The van der Waals surface area contributed by atoms with Gasteiger partial charge in [0.15, 0.2) is 5.66 Å². The van der Waals surface area contributed by atoms with E-state index in [9.17, 15) is 9.59 Å². The minimum absolute atomic E-state index is 0.0149. The van der Waals surface area contributed by atoms with E-state index in [1.165, 1.54) is 5.06 Å². The fourth-order valence-corrected chi connectivity index (χ4v) is 7.15. The van der Waals surface area contributed by atoms with Gasteiger partial charge in [-0.2, -0.15) is 0 Å². The molecule has 0 atom stereocenters. The van der Waals surface area contributed by atoms with E-state index in [4.69, 9.17) is 47.7 Å². The lowest BCUT2D eigenvalue weighted by Gasteiger charge is -2.37. The van der Waals surface area contributed by atoms with E-state index in [0.717, 1.165) is 48.1 Å². The van der Waals surface area contributed by atoms with Gasteiger partial charge in [0.25, 0.3) is 0 Å². The highest BCUT2D eigenvalue weighted by Gasteiger charge is 2.47. The molecule has 382 valence electrons. The van der Waals surface area contributed by atoms with Crippen LogP contribution in [-0.4, -0.2) is 146 Å². The van der Waals surface area contributed by atoms with E-state index in [-0.39, 0.29) is 11.3 Å². The van der Waals surface area contributed by atoms with Crippen molar-refractivity contribution in [3.05, 3.63) is 72.8 Å². The summed E-state index contributed by atoms with van der Waals surface area (Å²) in [6, 6.07) is 24.5. The predicted octanol–water partition coefficient (Wildman–Crippen LogP) is 8.50. The van der Waals surface area contributed by atoms with Crippen molar-refractivity contribution in [3.63, 3.8) is 0 Å². The van der Waals surface area contributed by atoms with Crippen LogP contribution in [0.25, 0.3) is 22.4 Å². The first-order valence-electron chi connectivity index (χ1n) is 24.3. The van der Waals surface area contributed by atoms with Crippen LogP contribution in [0, 0.1) is 5.41 Å². The molecule has 69 heavy (non-hydrogen) atoms. The summed E-state index contributed by atoms with van der Waals surface area (Å²) in [5, 5.41) is 21.0. The molecule has 18 heteroatoms. The summed E-state index contributed by atoms with van der Waals surface area (Å²) in [5.41, 5.74) is 2.60. The molecule has 0 bridgehead atoms. The number of nitrogens with zero attached hydrogens (tertiary/aromatic N) is 6. The van der Waals surface area contributed by atoms with Crippen LogP contribution in [0.1, 0.15) is 79.6 Å². The molecule has 2 aromatic carbocycles. The number of ether oxygens (including phenoxy) is 8. The van der Waals surface area contributed by atoms with Crippen LogP contribution < -0.4 is 10.1 Å². The number of amides is 2. The summed E-state index contributed by atoms with van der Waals surface area (Å²) in [5.74, 6) is 0.589. The number of unbranched alkanes of at least 4 members (excludes halogenated alkanes) is 2. The minimum atomic E-state index is -0.753. The Bertz CT molecular complexity index is 1830. The zero-order chi connectivity index (χ0) is 49.3. The van der Waals surface area contributed by atoms with Crippen LogP contribution in [-0.2, 0) is 47.6 Å². The molecule has 0 radical (unpaired) electrons. The standard InChI is InChI=1S/C51H77N7O11/c1-49(2,3)69-58(42-59)24-27-62-29-31-64-33-35-66-37-39-67-38-36-65-34-32-63-30-28-61-26-23-52-47(60)20-12-13-22-51(54-56-57-55-51)50(4,5)21-14-15-25-68-48-41-45(43-16-8-6-9-17-43)40-46(53-48)44-18-10-7-11-19-44/h6-11,16-19,40-42H,12-15,20-39H2,1-5H3,(H,52,60). The van der Waals surface area contributed by atoms with Gasteiger partial charge in [-0.15, -0.1) is 10.2 Å². The van der Waals surface area contributed by atoms with Gasteiger partial charge in [-0.1, -0.05) is 74.5 Å². The number of hydrogen-bond acceptors (Lipinski definition) is 16. The highest BCUT2D eigenvalue weighted by molar-refractivity contribution is 5.75. The van der Waals surface area contributed by atoms with Crippen LogP contribution in [0.3, 0.4) is 0 Å². The molecule has 1 aliphatic rings. The van der Waals surface area contributed by atoms with E-state index < -0.39 is 11.3 Å². The molecule has 0 spiro atoms. The van der Waals surface area contributed by atoms with Crippen molar-refractivity contribution in [3.8, 4) is 28.3 Å².